The number of rotatable bonds is 7. The van der Waals surface area contributed by atoms with Crippen molar-refractivity contribution in [1.82, 2.24) is 0 Å². The van der Waals surface area contributed by atoms with Crippen molar-refractivity contribution in [2.75, 3.05) is 11.9 Å². The second kappa shape index (κ2) is 8.78. The molecular formula is C20H21NO4. The third-order valence-corrected chi connectivity index (χ3v) is 3.67. The first-order valence-electron chi connectivity index (χ1n) is 8.06. The van der Waals surface area contributed by atoms with Crippen LogP contribution in [0.4, 0.5) is 5.69 Å². The maximum Gasteiger partial charge on any atom is 0.306 e. The van der Waals surface area contributed by atoms with Gasteiger partial charge in [0.05, 0.1) is 6.42 Å². The molecule has 1 N–H and O–H groups in total. The molecule has 2 rings (SSSR count). The maximum atomic E-state index is 11.9. The lowest BCUT2D eigenvalue weighted by atomic mass is 10.1. The van der Waals surface area contributed by atoms with E-state index in [2.05, 4.69) is 5.32 Å². The predicted octanol–water partition coefficient (Wildman–Crippen LogP) is 3.45. The normalized spacial score (nSPS) is 10.2. The summed E-state index contributed by atoms with van der Waals surface area (Å²) in [6.45, 7) is 3.49. The van der Waals surface area contributed by atoms with Gasteiger partial charge in [-0.3, -0.25) is 14.4 Å². The van der Waals surface area contributed by atoms with E-state index in [4.69, 9.17) is 4.74 Å². The van der Waals surface area contributed by atoms with Crippen molar-refractivity contribution < 1.29 is 19.1 Å². The molecule has 2 aromatic carbocycles. The van der Waals surface area contributed by atoms with Gasteiger partial charge in [-0.1, -0.05) is 48.0 Å². The van der Waals surface area contributed by atoms with E-state index in [-0.39, 0.29) is 25.2 Å². The smallest absolute Gasteiger partial charge is 0.306 e. The summed E-state index contributed by atoms with van der Waals surface area (Å²) in [7, 11) is 0. The Bertz CT molecular complexity index is 769. The lowest BCUT2D eigenvalue weighted by Crippen LogP contribution is -2.21. The standard InChI is InChI=1S/C20H21NO4/c1-14-8-9-17(15(2)12-14)21-19(23)13-25-20(24)11-10-18(22)16-6-4-3-5-7-16/h3-9,12H,10-11,13H2,1-2H3,(H,21,23). The highest BCUT2D eigenvalue weighted by atomic mass is 16.5. The van der Waals surface area contributed by atoms with Crippen LogP contribution in [0.3, 0.4) is 0 Å². The summed E-state index contributed by atoms with van der Waals surface area (Å²) in [6.07, 6.45) is 0.00605. The summed E-state index contributed by atoms with van der Waals surface area (Å²) in [4.78, 5) is 35.5. The van der Waals surface area contributed by atoms with Gasteiger partial charge in [-0.15, -0.1) is 0 Å². The zero-order chi connectivity index (χ0) is 18.2. The lowest BCUT2D eigenvalue weighted by molar-refractivity contribution is -0.147. The zero-order valence-electron chi connectivity index (χ0n) is 14.4. The quantitative estimate of drug-likeness (QED) is 0.619. The van der Waals surface area contributed by atoms with E-state index < -0.39 is 11.9 Å². The van der Waals surface area contributed by atoms with E-state index >= 15 is 0 Å². The summed E-state index contributed by atoms with van der Waals surface area (Å²) in [5.74, 6) is -1.10. The van der Waals surface area contributed by atoms with E-state index in [0.29, 0.717) is 11.3 Å². The summed E-state index contributed by atoms with van der Waals surface area (Å²) < 4.78 is 4.92. The highest BCUT2D eigenvalue weighted by Crippen LogP contribution is 2.15. The number of ketones is 1. The number of benzene rings is 2. The SMILES string of the molecule is Cc1ccc(NC(=O)COC(=O)CCC(=O)c2ccccc2)c(C)c1. The van der Waals surface area contributed by atoms with Crippen molar-refractivity contribution in [1.29, 1.82) is 0 Å². The second-order valence-corrected chi connectivity index (χ2v) is 5.82. The van der Waals surface area contributed by atoms with Gasteiger partial charge in [0.25, 0.3) is 5.91 Å². The fraction of sp³-hybridized carbons (Fsp3) is 0.250. The Morgan fingerprint density at radius 3 is 2.36 bits per heavy atom. The Morgan fingerprint density at radius 1 is 0.960 bits per heavy atom. The highest BCUT2D eigenvalue weighted by Gasteiger charge is 2.12. The number of ether oxygens (including phenoxy) is 1. The summed E-state index contributed by atoms with van der Waals surface area (Å²) in [6, 6.07) is 14.4. The molecule has 0 radical (unpaired) electrons. The maximum absolute atomic E-state index is 11.9. The zero-order valence-corrected chi connectivity index (χ0v) is 14.4. The lowest BCUT2D eigenvalue weighted by Gasteiger charge is -2.09. The third-order valence-electron chi connectivity index (χ3n) is 3.67. The number of anilines is 1. The number of nitrogens with one attached hydrogen (secondary N) is 1. The Morgan fingerprint density at radius 2 is 1.68 bits per heavy atom. The van der Waals surface area contributed by atoms with Crippen LogP contribution in [-0.4, -0.2) is 24.3 Å². The Labute approximate surface area is 147 Å². The first kappa shape index (κ1) is 18.4. The third kappa shape index (κ3) is 5.88. The molecule has 0 aliphatic heterocycles. The molecule has 0 atom stereocenters. The van der Waals surface area contributed by atoms with Crippen LogP contribution in [0.2, 0.25) is 0 Å². The van der Waals surface area contributed by atoms with Gasteiger partial charge in [0, 0.05) is 17.7 Å². The minimum Gasteiger partial charge on any atom is -0.456 e. The van der Waals surface area contributed by atoms with Crippen molar-refractivity contribution in [3.05, 3.63) is 65.2 Å². The van der Waals surface area contributed by atoms with Gasteiger partial charge in [-0.05, 0) is 25.5 Å². The largest absolute Gasteiger partial charge is 0.456 e. The minimum atomic E-state index is -0.569. The Kier molecular flexibility index (Phi) is 6.46. The number of carbonyl (C=O) groups excluding carboxylic acids is 3. The molecule has 5 nitrogen and oxygen atoms in total. The minimum absolute atomic E-state index is 0.0510. The molecule has 0 unspecified atom stereocenters. The monoisotopic (exact) mass is 339 g/mol. The Hall–Kier alpha value is -2.95. The number of amides is 1. The Balaban J connectivity index is 1.74. The average molecular weight is 339 g/mol. The molecule has 0 fully saturated rings. The highest BCUT2D eigenvalue weighted by molar-refractivity contribution is 5.98. The molecule has 0 aliphatic rings. The topological polar surface area (TPSA) is 72.5 Å². The molecule has 0 heterocycles. The molecular weight excluding hydrogens is 318 g/mol. The van der Waals surface area contributed by atoms with Crippen molar-refractivity contribution in [2.24, 2.45) is 0 Å². The summed E-state index contributed by atoms with van der Waals surface area (Å²) in [5, 5.41) is 2.70. The number of hydrogen-bond acceptors (Lipinski definition) is 4. The van der Waals surface area contributed by atoms with Crippen LogP contribution < -0.4 is 5.32 Å². The summed E-state index contributed by atoms with van der Waals surface area (Å²) in [5.41, 5.74) is 3.28. The van der Waals surface area contributed by atoms with E-state index in [1.54, 1.807) is 24.3 Å². The van der Waals surface area contributed by atoms with E-state index in [1.807, 2.05) is 38.1 Å². The fourth-order valence-corrected chi connectivity index (χ4v) is 2.34. The second-order valence-electron chi connectivity index (χ2n) is 5.82. The molecule has 0 aliphatic carbocycles. The van der Waals surface area contributed by atoms with Crippen molar-refractivity contribution >= 4 is 23.3 Å². The molecule has 0 saturated heterocycles. The first-order valence-corrected chi connectivity index (χ1v) is 8.06. The van der Waals surface area contributed by atoms with Gasteiger partial charge in [0.1, 0.15) is 0 Å². The molecule has 1 amide bonds. The van der Waals surface area contributed by atoms with Crippen LogP contribution in [0.5, 0.6) is 0 Å². The van der Waals surface area contributed by atoms with Crippen LogP contribution >= 0.6 is 0 Å². The van der Waals surface area contributed by atoms with E-state index in [0.717, 1.165) is 11.1 Å². The van der Waals surface area contributed by atoms with E-state index in [9.17, 15) is 14.4 Å². The van der Waals surface area contributed by atoms with Crippen molar-refractivity contribution in [3.8, 4) is 0 Å². The van der Waals surface area contributed by atoms with Crippen LogP contribution in [0.15, 0.2) is 48.5 Å². The predicted molar refractivity (Wildman–Crippen MR) is 95.5 cm³/mol. The van der Waals surface area contributed by atoms with Crippen LogP contribution in [-0.2, 0) is 14.3 Å². The first-order chi connectivity index (χ1) is 12.0. The average Bonchev–Trinajstić information content (AvgIpc) is 2.61. The number of hydrogen-bond donors (Lipinski definition) is 1. The number of aryl methyl sites for hydroxylation is 2. The molecule has 130 valence electrons. The van der Waals surface area contributed by atoms with Crippen LogP contribution in [0.1, 0.15) is 34.3 Å². The molecule has 5 heteroatoms. The van der Waals surface area contributed by atoms with Gasteiger partial charge in [-0.25, -0.2) is 0 Å². The number of carbonyl (C=O) groups is 3. The van der Waals surface area contributed by atoms with Crippen molar-refractivity contribution in [2.45, 2.75) is 26.7 Å². The van der Waals surface area contributed by atoms with Gasteiger partial charge in [0.2, 0.25) is 0 Å². The molecule has 2 aromatic rings. The van der Waals surface area contributed by atoms with Gasteiger partial charge >= 0.3 is 5.97 Å². The molecule has 25 heavy (non-hydrogen) atoms. The number of Topliss-reactive ketones (excluding diaryl/α,β-unsaturated/α-hetero) is 1. The van der Waals surface area contributed by atoms with E-state index in [1.165, 1.54) is 0 Å². The van der Waals surface area contributed by atoms with Gasteiger partial charge < -0.3 is 10.1 Å². The van der Waals surface area contributed by atoms with Crippen LogP contribution in [0, 0.1) is 13.8 Å². The molecule has 0 saturated carbocycles. The summed E-state index contributed by atoms with van der Waals surface area (Å²) >= 11 is 0. The van der Waals surface area contributed by atoms with Crippen molar-refractivity contribution in [3.63, 3.8) is 0 Å². The fourth-order valence-electron chi connectivity index (χ4n) is 2.34. The van der Waals surface area contributed by atoms with Gasteiger partial charge in [-0.2, -0.15) is 0 Å². The van der Waals surface area contributed by atoms with Crippen LogP contribution in [0.25, 0.3) is 0 Å². The number of esters is 1. The molecule has 0 bridgehead atoms. The molecule has 0 aromatic heterocycles. The van der Waals surface area contributed by atoms with Gasteiger partial charge in [0.15, 0.2) is 12.4 Å². The molecule has 0 spiro atoms.